The zero-order valence-electron chi connectivity index (χ0n) is 10.3. The summed E-state index contributed by atoms with van der Waals surface area (Å²) in [5, 5.41) is 11.4. The van der Waals surface area contributed by atoms with Gasteiger partial charge in [0.25, 0.3) is 5.91 Å². The first-order valence-electron chi connectivity index (χ1n) is 5.78. The van der Waals surface area contributed by atoms with Crippen LogP contribution in [-0.4, -0.2) is 22.0 Å². The second-order valence-corrected chi connectivity index (χ2v) is 4.05. The minimum Gasteiger partial charge on any atom is -0.477 e. The third kappa shape index (κ3) is 3.38. The second kappa shape index (κ2) is 5.92. The molecule has 0 atom stereocenters. The zero-order valence-corrected chi connectivity index (χ0v) is 10.3. The van der Waals surface area contributed by atoms with Crippen LogP contribution in [0.1, 0.15) is 26.4 Å². The van der Waals surface area contributed by atoms with Gasteiger partial charge in [-0.1, -0.05) is 12.1 Å². The van der Waals surface area contributed by atoms with Crippen LogP contribution in [0.15, 0.2) is 42.6 Å². The molecule has 1 aromatic heterocycles. The van der Waals surface area contributed by atoms with Crippen molar-refractivity contribution < 1.29 is 19.1 Å². The molecule has 1 heterocycles. The number of carboxylic acids is 1. The minimum absolute atomic E-state index is 0.154. The fourth-order valence-corrected chi connectivity index (χ4v) is 1.62. The molecule has 0 spiro atoms. The Balaban J connectivity index is 2.05. The summed E-state index contributed by atoms with van der Waals surface area (Å²) in [4.78, 5) is 26.2. The summed E-state index contributed by atoms with van der Waals surface area (Å²) >= 11 is 0. The fourth-order valence-electron chi connectivity index (χ4n) is 1.62. The maximum atomic E-state index is 13.0. The topological polar surface area (TPSA) is 79.3 Å². The molecule has 2 rings (SSSR count). The number of aromatic nitrogens is 1. The first-order chi connectivity index (χ1) is 9.56. The number of carboxylic acid groups (broad SMARTS) is 1. The summed E-state index contributed by atoms with van der Waals surface area (Å²) < 4.78 is 13.0. The Kier molecular flexibility index (Phi) is 4.05. The van der Waals surface area contributed by atoms with Crippen molar-refractivity contribution in [2.24, 2.45) is 0 Å². The van der Waals surface area contributed by atoms with Crippen LogP contribution in [0, 0.1) is 5.82 Å². The van der Waals surface area contributed by atoms with Crippen LogP contribution < -0.4 is 5.32 Å². The number of aromatic carboxylic acids is 1. The Hall–Kier alpha value is -2.76. The molecular weight excluding hydrogens is 263 g/mol. The number of amides is 1. The van der Waals surface area contributed by atoms with Gasteiger partial charge in [0.15, 0.2) is 0 Å². The summed E-state index contributed by atoms with van der Waals surface area (Å²) in [6.07, 6.45) is 1.25. The van der Waals surface area contributed by atoms with Crippen molar-refractivity contribution in [2.75, 3.05) is 0 Å². The number of carbonyl (C=O) groups excluding carboxylic acids is 1. The molecule has 1 aromatic carbocycles. The Morgan fingerprint density at radius 2 is 2.05 bits per heavy atom. The normalized spacial score (nSPS) is 10.1. The van der Waals surface area contributed by atoms with E-state index in [9.17, 15) is 14.0 Å². The van der Waals surface area contributed by atoms with Gasteiger partial charge in [-0.15, -0.1) is 0 Å². The lowest BCUT2D eigenvalue weighted by atomic mass is 10.2. The average Bonchev–Trinajstić information content (AvgIpc) is 2.45. The largest absolute Gasteiger partial charge is 0.477 e. The predicted molar refractivity (Wildman–Crippen MR) is 68.8 cm³/mol. The summed E-state index contributed by atoms with van der Waals surface area (Å²) in [6.45, 7) is 0.154. The number of carbonyl (C=O) groups is 2. The van der Waals surface area contributed by atoms with Gasteiger partial charge in [-0.25, -0.2) is 14.2 Å². The van der Waals surface area contributed by atoms with Crippen LogP contribution >= 0.6 is 0 Å². The van der Waals surface area contributed by atoms with Gasteiger partial charge < -0.3 is 10.4 Å². The Morgan fingerprint density at radius 3 is 2.75 bits per heavy atom. The average molecular weight is 274 g/mol. The highest BCUT2D eigenvalue weighted by atomic mass is 19.1. The van der Waals surface area contributed by atoms with Crippen LogP contribution in [0.25, 0.3) is 0 Å². The number of rotatable bonds is 4. The molecule has 1 amide bonds. The van der Waals surface area contributed by atoms with E-state index in [0.717, 1.165) is 0 Å². The fraction of sp³-hybridized carbons (Fsp3) is 0.0714. The smallest absolute Gasteiger partial charge is 0.354 e. The van der Waals surface area contributed by atoms with Gasteiger partial charge in [0.1, 0.15) is 11.5 Å². The molecule has 102 valence electrons. The number of pyridine rings is 1. The van der Waals surface area contributed by atoms with Crippen LogP contribution in [0.5, 0.6) is 0 Å². The van der Waals surface area contributed by atoms with Crippen LogP contribution in [0.2, 0.25) is 0 Å². The van der Waals surface area contributed by atoms with Crippen molar-refractivity contribution in [1.82, 2.24) is 10.3 Å². The maximum absolute atomic E-state index is 13.0. The van der Waals surface area contributed by atoms with E-state index >= 15 is 0 Å². The van der Waals surface area contributed by atoms with Gasteiger partial charge >= 0.3 is 5.97 Å². The number of nitrogens with one attached hydrogen (secondary N) is 1. The van der Waals surface area contributed by atoms with E-state index in [1.165, 1.54) is 30.5 Å². The summed E-state index contributed by atoms with van der Waals surface area (Å²) in [6, 6.07) is 8.45. The molecule has 0 saturated heterocycles. The molecule has 5 nitrogen and oxygen atoms in total. The highest BCUT2D eigenvalue weighted by Gasteiger charge is 2.10. The Morgan fingerprint density at radius 1 is 1.25 bits per heavy atom. The number of hydrogen-bond donors (Lipinski definition) is 2. The number of halogens is 1. The third-order valence-electron chi connectivity index (χ3n) is 2.58. The first kappa shape index (κ1) is 13.7. The summed E-state index contributed by atoms with van der Waals surface area (Å²) in [5.74, 6) is -2.03. The lowest BCUT2D eigenvalue weighted by Crippen LogP contribution is -2.23. The van der Waals surface area contributed by atoms with Crippen molar-refractivity contribution in [3.05, 3.63) is 65.2 Å². The molecule has 2 N–H and O–H groups in total. The van der Waals surface area contributed by atoms with E-state index < -0.39 is 11.9 Å². The molecule has 0 unspecified atom stereocenters. The molecule has 6 heteroatoms. The van der Waals surface area contributed by atoms with Crippen LogP contribution in [0.3, 0.4) is 0 Å². The van der Waals surface area contributed by atoms with Gasteiger partial charge in [-0.3, -0.25) is 4.79 Å². The lowest BCUT2D eigenvalue weighted by Gasteiger charge is -2.06. The minimum atomic E-state index is -1.20. The molecule has 0 radical (unpaired) electrons. The number of nitrogens with zero attached hydrogens (tertiary/aromatic N) is 1. The predicted octanol–water partition coefficient (Wildman–Crippen LogP) is 1.85. The quantitative estimate of drug-likeness (QED) is 0.891. The standard InChI is InChI=1S/C14H11FN2O3/c15-11-3-1-2-9(6-11)8-17-13(18)10-4-5-16-12(7-10)14(19)20/h1-7H,8H2,(H,17,18)(H,19,20). The van der Waals surface area contributed by atoms with Crippen LogP contribution in [0.4, 0.5) is 4.39 Å². The monoisotopic (exact) mass is 274 g/mol. The Labute approximate surface area is 114 Å². The molecule has 0 aliphatic carbocycles. The first-order valence-corrected chi connectivity index (χ1v) is 5.78. The van der Waals surface area contributed by atoms with Gasteiger partial charge in [-0.05, 0) is 29.8 Å². The molecule has 0 saturated carbocycles. The highest BCUT2D eigenvalue weighted by Crippen LogP contribution is 2.05. The van der Waals surface area contributed by atoms with E-state index in [0.29, 0.717) is 5.56 Å². The van der Waals surface area contributed by atoms with E-state index in [1.54, 1.807) is 12.1 Å². The third-order valence-corrected chi connectivity index (χ3v) is 2.58. The molecule has 0 aliphatic rings. The SMILES string of the molecule is O=C(NCc1cccc(F)c1)c1ccnc(C(=O)O)c1. The molecule has 20 heavy (non-hydrogen) atoms. The van der Waals surface area contributed by atoms with Gasteiger partial charge in [-0.2, -0.15) is 0 Å². The number of hydrogen-bond acceptors (Lipinski definition) is 3. The molecule has 2 aromatic rings. The molecule has 0 aliphatic heterocycles. The van der Waals surface area contributed by atoms with Gasteiger partial charge in [0, 0.05) is 18.3 Å². The van der Waals surface area contributed by atoms with E-state index in [2.05, 4.69) is 10.3 Å². The lowest BCUT2D eigenvalue weighted by molar-refractivity contribution is 0.0690. The second-order valence-electron chi connectivity index (χ2n) is 4.05. The number of benzene rings is 1. The molecule has 0 bridgehead atoms. The Bertz CT molecular complexity index is 658. The molecule has 0 fully saturated rings. The highest BCUT2D eigenvalue weighted by molar-refractivity contribution is 5.96. The van der Waals surface area contributed by atoms with Crippen molar-refractivity contribution in [3.8, 4) is 0 Å². The van der Waals surface area contributed by atoms with E-state index in [-0.39, 0.29) is 23.6 Å². The van der Waals surface area contributed by atoms with Gasteiger partial charge in [0.2, 0.25) is 0 Å². The van der Waals surface area contributed by atoms with E-state index in [1.807, 2.05) is 0 Å². The van der Waals surface area contributed by atoms with Gasteiger partial charge in [0.05, 0.1) is 0 Å². The zero-order chi connectivity index (χ0) is 14.5. The van der Waals surface area contributed by atoms with Crippen LogP contribution in [-0.2, 0) is 6.54 Å². The maximum Gasteiger partial charge on any atom is 0.354 e. The summed E-state index contributed by atoms with van der Waals surface area (Å²) in [7, 11) is 0. The van der Waals surface area contributed by atoms with Crippen molar-refractivity contribution in [3.63, 3.8) is 0 Å². The van der Waals surface area contributed by atoms with E-state index in [4.69, 9.17) is 5.11 Å². The van der Waals surface area contributed by atoms with Crippen molar-refractivity contribution >= 4 is 11.9 Å². The summed E-state index contributed by atoms with van der Waals surface area (Å²) in [5.41, 5.74) is 0.600. The van der Waals surface area contributed by atoms with Crippen molar-refractivity contribution in [1.29, 1.82) is 0 Å². The van der Waals surface area contributed by atoms with Crippen molar-refractivity contribution in [2.45, 2.75) is 6.54 Å². The molecular formula is C14H11FN2O3.